The molecule has 0 fully saturated rings. The molecular formula is C10H13FN2O4. The Morgan fingerprint density at radius 1 is 1.41 bits per heavy atom. The Bertz CT molecular complexity index is 396. The van der Waals surface area contributed by atoms with Crippen LogP contribution in [-0.4, -0.2) is 34.4 Å². The van der Waals surface area contributed by atoms with E-state index in [1.165, 1.54) is 0 Å². The Hall–Kier alpha value is -1.57. The molecule has 94 valence electrons. The first-order valence-electron chi connectivity index (χ1n) is 4.96. The van der Waals surface area contributed by atoms with Gasteiger partial charge in [0, 0.05) is 18.2 Å². The van der Waals surface area contributed by atoms with E-state index in [0.717, 1.165) is 18.2 Å². The standard InChI is InChI=1S/C10H13FN2O4/c11-8-1-2-10(13(16)17)7(3-8)4-12-9(5-14)6-15/h1-3,9,12,14-15H,4-6H2. The molecule has 0 bridgehead atoms. The maximum absolute atomic E-state index is 12.9. The van der Waals surface area contributed by atoms with Crippen LogP contribution in [0.1, 0.15) is 5.56 Å². The van der Waals surface area contributed by atoms with E-state index in [9.17, 15) is 14.5 Å². The lowest BCUT2D eigenvalue weighted by atomic mass is 10.1. The third-order valence-electron chi connectivity index (χ3n) is 2.26. The first-order chi connectivity index (χ1) is 8.08. The summed E-state index contributed by atoms with van der Waals surface area (Å²) < 4.78 is 12.9. The summed E-state index contributed by atoms with van der Waals surface area (Å²) in [5.41, 5.74) is -0.0320. The van der Waals surface area contributed by atoms with Crippen molar-refractivity contribution < 1.29 is 19.5 Å². The number of aliphatic hydroxyl groups excluding tert-OH is 2. The molecule has 0 aliphatic heterocycles. The van der Waals surface area contributed by atoms with Gasteiger partial charge in [-0.25, -0.2) is 4.39 Å². The highest BCUT2D eigenvalue weighted by Gasteiger charge is 2.15. The molecule has 3 N–H and O–H groups in total. The van der Waals surface area contributed by atoms with Gasteiger partial charge in [0.2, 0.25) is 0 Å². The summed E-state index contributed by atoms with van der Waals surface area (Å²) >= 11 is 0. The number of rotatable bonds is 6. The lowest BCUT2D eigenvalue weighted by Gasteiger charge is -2.13. The number of aliphatic hydroxyl groups is 2. The molecule has 7 heteroatoms. The number of halogens is 1. The molecule has 6 nitrogen and oxygen atoms in total. The van der Waals surface area contributed by atoms with Crippen LogP contribution in [0.5, 0.6) is 0 Å². The van der Waals surface area contributed by atoms with Crippen molar-refractivity contribution in [2.24, 2.45) is 0 Å². The minimum atomic E-state index is -0.608. The zero-order valence-electron chi connectivity index (χ0n) is 8.97. The summed E-state index contributed by atoms with van der Waals surface area (Å²) in [6.07, 6.45) is 0. The third-order valence-corrected chi connectivity index (χ3v) is 2.26. The van der Waals surface area contributed by atoms with Crippen LogP contribution in [0.2, 0.25) is 0 Å². The molecule has 1 rings (SSSR count). The predicted octanol–water partition coefficient (Wildman–Crippen LogP) is 0.177. The second kappa shape index (κ2) is 6.24. The van der Waals surface area contributed by atoms with E-state index in [1.807, 2.05) is 0 Å². The molecule has 0 radical (unpaired) electrons. The van der Waals surface area contributed by atoms with Crippen LogP contribution in [-0.2, 0) is 6.54 Å². The van der Waals surface area contributed by atoms with Crippen molar-refractivity contribution in [2.75, 3.05) is 13.2 Å². The van der Waals surface area contributed by atoms with E-state index < -0.39 is 16.8 Å². The van der Waals surface area contributed by atoms with E-state index >= 15 is 0 Å². The largest absolute Gasteiger partial charge is 0.395 e. The number of hydrogen-bond donors (Lipinski definition) is 3. The van der Waals surface area contributed by atoms with E-state index in [-0.39, 0.29) is 31.0 Å². The molecule has 0 atom stereocenters. The second-order valence-corrected chi connectivity index (χ2v) is 3.47. The number of nitrogens with zero attached hydrogens (tertiary/aromatic N) is 1. The Morgan fingerprint density at radius 3 is 2.59 bits per heavy atom. The summed E-state index contributed by atoms with van der Waals surface area (Å²) in [5.74, 6) is -0.572. The second-order valence-electron chi connectivity index (χ2n) is 3.47. The van der Waals surface area contributed by atoms with Gasteiger partial charge in [0.15, 0.2) is 0 Å². The van der Waals surface area contributed by atoms with Crippen molar-refractivity contribution in [1.29, 1.82) is 0 Å². The summed E-state index contributed by atoms with van der Waals surface area (Å²) in [4.78, 5) is 10.1. The van der Waals surface area contributed by atoms with E-state index in [2.05, 4.69) is 5.32 Å². The van der Waals surface area contributed by atoms with E-state index in [0.29, 0.717) is 0 Å². The van der Waals surface area contributed by atoms with Gasteiger partial charge in [-0.05, 0) is 12.1 Å². The fraction of sp³-hybridized carbons (Fsp3) is 0.400. The smallest absolute Gasteiger partial charge is 0.274 e. The number of nitro groups is 1. The van der Waals surface area contributed by atoms with Crippen LogP contribution in [0.3, 0.4) is 0 Å². The lowest BCUT2D eigenvalue weighted by molar-refractivity contribution is -0.385. The monoisotopic (exact) mass is 244 g/mol. The van der Waals surface area contributed by atoms with Crippen LogP contribution < -0.4 is 5.32 Å². The molecular weight excluding hydrogens is 231 g/mol. The highest BCUT2D eigenvalue weighted by atomic mass is 19.1. The van der Waals surface area contributed by atoms with E-state index in [4.69, 9.17) is 10.2 Å². The molecule has 17 heavy (non-hydrogen) atoms. The van der Waals surface area contributed by atoms with Crippen LogP contribution in [0.15, 0.2) is 18.2 Å². The topological polar surface area (TPSA) is 95.6 Å². The van der Waals surface area contributed by atoms with Crippen molar-refractivity contribution in [2.45, 2.75) is 12.6 Å². The highest BCUT2D eigenvalue weighted by molar-refractivity contribution is 5.40. The summed E-state index contributed by atoms with van der Waals surface area (Å²) in [6.45, 7) is -0.612. The molecule has 0 spiro atoms. The van der Waals surface area contributed by atoms with Gasteiger partial charge in [-0.1, -0.05) is 0 Å². The highest BCUT2D eigenvalue weighted by Crippen LogP contribution is 2.19. The number of hydrogen-bond acceptors (Lipinski definition) is 5. The Balaban J connectivity index is 2.81. The van der Waals surface area contributed by atoms with Crippen molar-refractivity contribution in [1.82, 2.24) is 5.32 Å². The van der Waals surface area contributed by atoms with Gasteiger partial charge in [0.1, 0.15) is 5.82 Å². The van der Waals surface area contributed by atoms with Crippen molar-refractivity contribution >= 4 is 5.69 Å². The van der Waals surface area contributed by atoms with Crippen LogP contribution >= 0.6 is 0 Å². The normalized spacial score (nSPS) is 10.8. The molecule has 0 unspecified atom stereocenters. The zero-order valence-corrected chi connectivity index (χ0v) is 8.97. The Morgan fingerprint density at radius 2 is 2.06 bits per heavy atom. The van der Waals surface area contributed by atoms with Crippen molar-refractivity contribution in [3.05, 3.63) is 39.7 Å². The fourth-order valence-corrected chi connectivity index (χ4v) is 1.31. The molecule has 1 aromatic carbocycles. The average molecular weight is 244 g/mol. The van der Waals surface area contributed by atoms with Crippen molar-refractivity contribution in [3.63, 3.8) is 0 Å². The predicted molar refractivity (Wildman–Crippen MR) is 57.9 cm³/mol. The van der Waals surface area contributed by atoms with Gasteiger partial charge < -0.3 is 15.5 Å². The molecule has 0 saturated carbocycles. The van der Waals surface area contributed by atoms with Gasteiger partial charge in [-0.3, -0.25) is 10.1 Å². The number of benzene rings is 1. The summed E-state index contributed by atoms with van der Waals surface area (Å²) in [7, 11) is 0. The Labute approximate surface area is 96.8 Å². The molecule has 0 heterocycles. The first kappa shape index (κ1) is 13.5. The van der Waals surface area contributed by atoms with E-state index in [1.54, 1.807) is 0 Å². The lowest BCUT2D eigenvalue weighted by Crippen LogP contribution is -2.35. The molecule has 0 amide bonds. The third kappa shape index (κ3) is 3.74. The molecule has 0 aromatic heterocycles. The minimum Gasteiger partial charge on any atom is -0.395 e. The van der Waals surface area contributed by atoms with Gasteiger partial charge >= 0.3 is 0 Å². The maximum Gasteiger partial charge on any atom is 0.274 e. The number of nitro benzene ring substituents is 1. The quantitative estimate of drug-likeness (QED) is 0.490. The molecule has 0 aliphatic carbocycles. The van der Waals surface area contributed by atoms with Gasteiger partial charge in [-0.15, -0.1) is 0 Å². The zero-order chi connectivity index (χ0) is 12.8. The number of nitrogens with one attached hydrogen (secondary N) is 1. The molecule has 1 aromatic rings. The Kier molecular flexibility index (Phi) is 4.95. The SMILES string of the molecule is O=[N+]([O-])c1ccc(F)cc1CNC(CO)CO. The summed E-state index contributed by atoms with van der Waals surface area (Å²) in [6, 6.07) is 2.56. The fourth-order valence-electron chi connectivity index (χ4n) is 1.31. The van der Waals surface area contributed by atoms with Crippen molar-refractivity contribution in [3.8, 4) is 0 Å². The van der Waals surface area contributed by atoms with Crippen LogP contribution in [0.4, 0.5) is 10.1 Å². The van der Waals surface area contributed by atoms with Crippen LogP contribution in [0.25, 0.3) is 0 Å². The van der Waals surface area contributed by atoms with Gasteiger partial charge in [-0.2, -0.15) is 0 Å². The molecule has 0 aliphatic rings. The van der Waals surface area contributed by atoms with Gasteiger partial charge in [0.05, 0.1) is 24.2 Å². The van der Waals surface area contributed by atoms with Crippen LogP contribution in [0, 0.1) is 15.9 Å². The van der Waals surface area contributed by atoms with Gasteiger partial charge in [0.25, 0.3) is 5.69 Å². The summed E-state index contributed by atoms with van der Waals surface area (Å²) in [5, 5.41) is 31.0. The average Bonchev–Trinajstić information content (AvgIpc) is 2.30. The first-order valence-corrected chi connectivity index (χ1v) is 4.96. The maximum atomic E-state index is 12.9. The minimum absolute atomic E-state index is 0.000139. The molecule has 0 saturated heterocycles.